The first-order chi connectivity index (χ1) is 14.2. The van der Waals surface area contributed by atoms with Gasteiger partial charge in [0, 0.05) is 15.7 Å². The highest BCUT2D eigenvalue weighted by Gasteiger charge is 2.13. The fraction of sp³-hybridized carbons (Fsp3) is 0.105. The highest BCUT2D eigenvalue weighted by molar-refractivity contribution is 9.10. The van der Waals surface area contributed by atoms with E-state index in [9.17, 15) is 4.79 Å². The molecule has 0 bridgehead atoms. The molecule has 0 aliphatic carbocycles. The van der Waals surface area contributed by atoms with Crippen molar-refractivity contribution in [3.05, 3.63) is 64.1 Å². The van der Waals surface area contributed by atoms with Crippen LogP contribution in [0.1, 0.15) is 11.1 Å². The highest BCUT2D eigenvalue weighted by Crippen LogP contribution is 2.19. The third kappa shape index (κ3) is 5.09. The van der Waals surface area contributed by atoms with Crippen molar-refractivity contribution in [2.45, 2.75) is 11.7 Å². The van der Waals surface area contributed by atoms with Gasteiger partial charge in [-0.1, -0.05) is 58.0 Å². The summed E-state index contributed by atoms with van der Waals surface area (Å²) < 4.78 is 0.903. The predicted octanol–water partition coefficient (Wildman–Crippen LogP) is 3.70. The highest BCUT2D eigenvalue weighted by atomic mass is 79.9. The van der Waals surface area contributed by atoms with E-state index < -0.39 is 0 Å². The first kappa shape index (κ1) is 19.3. The number of nitrogens with one attached hydrogen (secondary N) is 3. The quantitative estimate of drug-likeness (QED) is 0.277. The Bertz CT molecular complexity index is 1100. The molecule has 0 saturated heterocycles. The monoisotopic (exact) mass is 469 g/mol. The average molecular weight is 470 g/mol. The van der Waals surface area contributed by atoms with Gasteiger partial charge in [0.05, 0.1) is 24.2 Å². The number of amides is 1. The number of aromatic amines is 1. The summed E-state index contributed by atoms with van der Waals surface area (Å²) in [6, 6.07) is 15.5. The van der Waals surface area contributed by atoms with Crippen molar-refractivity contribution in [2.75, 3.05) is 16.5 Å². The van der Waals surface area contributed by atoms with Gasteiger partial charge in [-0.15, -0.1) is 5.10 Å². The van der Waals surface area contributed by atoms with Gasteiger partial charge in [-0.2, -0.15) is 10.1 Å². The minimum absolute atomic E-state index is 0.136. The Morgan fingerprint density at radius 1 is 1.28 bits per heavy atom. The summed E-state index contributed by atoms with van der Waals surface area (Å²) in [5.74, 6) is 0.451. The summed E-state index contributed by atoms with van der Waals surface area (Å²) >= 11 is 4.60. The lowest BCUT2D eigenvalue weighted by molar-refractivity contribution is -0.113. The number of aliphatic imine (C=N–C) groups is 1. The van der Waals surface area contributed by atoms with Gasteiger partial charge in [0.1, 0.15) is 0 Å². The number of halogens is 1. The predicted molar refractivity (Wildman–Crippen MR) is 119 cm³/mol. The summed E-state index contributed by atoms with van der Waals surface area (Å²) in [7, 11) is 0. The molecule has 0 spiro atoms. The molecule has 3 N–H and O–H groups in total. The van der Waals surface area contributed by atoms with Gasteiger partial charge < -0.3 is 5.32 Å². The number of carbonyl (C=O) groups is 1. The number of fused-ring (bicyclic) bond motifs is 1. The Morgan fingerprint density at radius 3 is 3.07 bits per heavy atom. The molecule has 0 fully saturated rings. The maximum absolute atomic E-state index is 12.1. The number of carbonyl (C=O) groups excluding carboxylic acids is 1. The van der Waals surface area contributed by atoms with Crippen LogP contribution < -0.4 is 10.7 Å². The van der Waals surface area contributed by atoms with Crippen LogP contribution in [-0.2, 0) is 11.3 Å². The van der Waals surface area contributed by atoms with Crippen molar-refractivity contribution in [2.24, 2.45) is 10.1 Å². The van der Waals surface area contributed by atoms with Gasteiger partial charge in [-0.25, -0.2) is 10.5 Å². The van der Waals surface area contributed by atoms with Crippen LogP contribution in [0.3, 0.4) is 0 Å². The summed E-state index contributed by atoms with van der Waals surface area (Å²) in [5.41, 5.74) is 6.63. The van der Waals surface area contributed by atoms with E-state index >= 15 is 0 Å². The number of hydrogen-bond acceptors (Lipinski definition) is 7. The number of H-pyrrole nitrogens is 1. The molecule has 2 heterocycles. The molecule has 4 rings (SSSR count). The Labute approximate surface area is 179 Å². The van der Waals surface area contributed by atoms with Crippen LogP contribution in [0.5, 0.6) is 0 Å². The number of hydrogen-bond donors (Lipinski definition) is 3. The molecule has 0 unspecified atom stereocenters. The molecule has 1 aliphatic rings. The second kappa shape index (κ2) is 9.01. The van der Waals surface area contributed by atoms with Crippen molar-refractivity contribution < 1.29 is 4.79 Å². The molecule has 0 saturated carbocycles. The zero-order valence-corrected chi connectivity index (χ0v) is 17.5. The van der Waals surface area contributed by atoms with Crippen LogP contribution in [0.4, 0.5) is 11.6 Å². The zero-order chi connectivity index (χ0) is 20.1. The molecule has 29 heavy (non-hydrogen) atoms. The molecule has 8 nitrogen and oxygen atoms in total. The number of hydrazone groups is 1. The van der Waals surface area contributed by atoms with Gasteiger partial charge in [0.25, 0.3) is 0 Å². The van der Waals surface area contributed by atoms with E-state index in [0.717, 1.165) is 21.4 Å². The fourth-order valence-corrected chi connectivity index (χ4v) is 3.68. The van der Waals surface area contributed by atoms with Crippen LogP contribution in [0.25, 0.3) is 0 Å². The normalized spacial score (nSPS) is 12.7. The Morgan fingerprint density at radius 2 is 2.17 bits per heavy atom. The number of anilines is 2. The molecule has 1 aromatic heterocycles. The van der Waals surface area contributed by atoms with Crippen LogP contribution in [0.2, 0.25) is 0 Å². The standard InChI is InChI=1S/C19H16BrN7OS/c20-13-5-3-6-14(8-13)23-17(28)11-29-19-24-18(26-27-19)25-22-10-16-15-7-2-1-4-12(15)9-21-16/h1-8,10H,9,11H2,(H,23,28)(H2,24,25,26,27)/b22-10+. The Balaban J connectivity index is 1.26. The number of thioether (sulfide) groups is 1. The molecule has 0 radical (unpaired) electrons. The van der Waals surface area contributed by atoms with Gasteiger partial charge in [-0.05, 0) is 23.8 Å². The molecule has 10 heteroatoms. The molecule has 1 amide bonds. The number of nitrogens with zero attached hydrogens (tertiary/aromatic N) is 4. The minimum atomic E-state index is -0.136. The van der Waals surface area contributed by atoms with Crippen molar-refractivity contribution in [1.82, 2.24) is 15.2 Å². The fourth-order valence-electron chi connectivity index (χ4n) is 2.68. The van der Waals surface area contributed by atoms with E-state index in [1.165, 1.54) is 17.3 Å². The smallest absolute Gasteiger partial charge is 0.240 e. The van der Waals surface area contributed by atoms with E-state index in [0.29, 0.717) is 17.6 Å². The van der Waals surface area contributed by atoms with Crippen molar-refractivity contribution in [1.29, 1.82) is 0 Å². The lowest BCUT2D eigenvalue weighted by Crippen LogP contribution is -2.14. The summed E-state index contributed by atoms with van der Waals surface area (Å²) in [4.78, 5) is 20.8. The van der Waals surface area contributed by atoms with E-state index in [1.807, 2.05) is 42.5 Å². The van der Waals surface area contributed by atoms with Crippen LogP contribution >= 0.6 is 27.7 Å². The third-order valence-corrected chi connectivity index (χ3v) is 5.32. The Kier molecular flexibility index (Phi) is 6.01. The van der Waals surface area contributed by atoms with Gasteiger partial charge >= 0.3 is 0 Å². The van der Waals surface area contributed by atoms with E-state index in [-0.39, 0.29) is 11.7 Å². The Hall–Kier alpha value is -2.98. The average Bonchev–Trinajstić information content (AvgIpc) is 3.34. The zero-order valence-electron chi connectivity index (χ0n) is 15.1. The maximum Gasteiger partial charge on any atom is 0.240 e. The van der Waals surface area contributed by atoms with E-state index in [4.69, 9.17) is 0 Å². The topological polar surface area (TPSA) is 107 Å². The van der Waals surface area contributed by atoms with Crippen LogP contribution in [-0.4, -0.2) is 38.8 Å². The van der Waals surface area contributed by atoms with Crippen molar-refractivity contribution in [3.63, 3.8) is 0 Å². The SMILES string of the molecule is O=C(CSc1n[nH]c(N/N=C/C2=NCc3ccccc32)n1)Nc1cccc(Br)c1. The summed E-state index contributed by atoms with van der Waals surface area (Å²) in [6.07, 6.45) is 1.66. The maximum atomic E-state index is 12.1. The van der Waals surface area contributed by atoms with E-state index in [1.54, 1.807) is 6.21 Å². The van der Waals surface area contributed by atoms with Gasteiger partial charge in [0.2, 0.25) is 17.0 Å². The van der Waals surface area contributed by atoms with E-state index in [2.05, 4.69) is 58.0 Å². The minimum Gasteiger partial charge on any atom is -0.325 e. The molecular weight excluding hydrogens is 454 g/mol. The lowest BCUT2D eigenvalue weighted by atomic mass is 10.1. The molecule has 2 aromatic carbocycles. The number of benzene rings is 2. The van der Waals surface area contributed by atoms with Crippen LogP contribution in [0, 0.1) is 0 Å². The van der Waals surface area contributed by atoms with Gasteiger partial charge in [-0.3, -0.25) is 9.79 Å². The molecule has 146 valence electrons. The molecular formula is C19H16BrN7OS. The first-order valence-electron chi connectivity index (χ1n) is 8.70. The number of aromatic nitrogens is 3. The van der Waals surface area contributed by atoms with Crippen molar-refractivity contribution in [3.8, 4) is 0 Å². The second-order valence-electron chi connectivity index (χ2n) is 6.04. The largest absolute Gasteiger partial charge is 0.325 e. The lowest BCUT2D eigenvalue weighted by Gasteiger charge is -2.04. The molecule has 0 atom stereocenters. The van der Waals surface area contributed by atoms with Crippen LogP contribution in [0.15, 0.2) is 68.3 Å². The molecule has 1 aliphatic heterocycles. The van der Waals surface area contributed by atoms with Crippen molar-refractivity contribution >= 4 is 57.2 Å². The molecule has 3 aromatic rings. The second-order valence-corrected chi connectivity index (χ2v) is 7.90. The summed E-state index contributed by atoms with van der Waals surface area (Å²) in [5, 5.41) is 14.3. The first-order valence-corrected chi connectivity index (χ1v) is 10.5. The third-order valence-electron chi connectivity index (χ3n) is 3.98. The van der Waals surface area contributed by atoms with Gasteiger partial charge in [0.15, 0.2) is 0 Å². The summed E-state index contributed by atoms with van der Waals surface area (Å²) in [6.45, 7) is 0.669. The number of rotatable bonds is 7.